The number of nitrogens with zero attached hydrogens (tertiary/aromatic N) is 3. The van der Waals surface area contributed by atoms with Crippen LogP contribution in [0, 0.1) is 0 Å². The molecule has 1 heterocycles. The molecule has 7 N–H and O–H groups in total. The third kappa shape index (κ3) is 18.3. The minimum absolute atomic E-state index is 0.159. The molecule has 0 aliphatic carbocycles. The van der Waals surface area contributed by atoms with E-state index in [1.165, 1.54) is 23.2 Å². The molecule has 1 aromatic carbocycles. The lowest BCUT2D eigenvalue weighted by Crippen LogP contribution is -2.45. The third-order valence-corrected chi connectivity index (χ3v) is 6.41. The van der Waals surface area contributed by atoms with Crippen molar-refractivity contribution in [2.45, 2.75) is 60.2 Å². The number of aliphatic imine (C=N–C) groups is 1. The predicted molar refractivity (Wildman–Crippen MR) is 176 cm³/mol. The fourth-order valence-electron chi connectivity index (χ4n) is 3.17. The first-order valence-corrected chi connectivity index (χ1v) is 15.2. The summed E-state index contributed by atoms with van der Waals surface area (Å²) in [7, 11) is 5.39. The van der Waals surface area contributed by atoms with Gasteiger partial charge in [0.25, 0.3) is 0 Å². The van der Waals surface area contributed by atoms with E-state index in [0.29, 0.717) is 24.3 Å². The Morgan fingerprint density at radius 2 is 1.72 bits per heavy atom. The molecule has 2 rings (SSSR count). The van der Waals surface area contributed by atoms with Crippen molar-refractivity contribution in [1.29, 1.82) is 0 Å². The monoisotopic (exact) mass is 614 g/mol. The summed E-state index contributed by atoms with van der Waals surface area (Å²) in [5.74, 6) is -1.20. The maximum Gasteiger partial charge on any atom is 0.242 e. The number of rotatable bonds is 15. The molecule has 12 nitrogen and oxygen atoms in total. The van der Waals surface area contributed by atoms with Crippen LogP contribution in [0.2, 0.25) is 6.32 Å². The van der Waals surface area contributed by atoms with Gasteiger partial charge >= 0.3 is 0 Å². The van der Waals surface area contributed by atoms with Crippen molar-refractivity contribution >= 4 is 58.9 Å². The molecule has 2 aromatic rings. The first-order chi connectivity index (χ1) is 20.5. The first-order valence-electron chi connectivity index (χ1n) is 14.3. The lowest BCUT2D eigenvalue weighted by Gasteiger charge is -2.21. The Morgan fingerprint density at radius 1 is 1.02 bits per heavy atom. The average Bonchev–Trinajstić information content (AvgIpc) is 3.43. The second-order valence-corrected chi connectivity index (χ2v) is 10.2. The number of thiazole rings is 1. The Labute approximate surface area is 260 Å². The Morgan fingerprint density at radius 3 is 2.23 bits per heavy atom. The molecule has 0 unspecified atom stereocenters. The lowest BCUT2D eigenvalue weighted by molar-refractivity contribution is -0.136. The molecule has 0 bridgehead atoms. The van der Waals surface area contributed by atoms with Gasteiger partial charge in [-0.25, -0.2) is 4.98 Å². The average molecular weight is 615 g/mol. The zero-order valence-corrected chi connectivity index (χ0v) is 26.9. The van der Waals surface area contributed by atoms with E-state index in [2.05, 4.69) is 32.9 Å². The number of nitrogens with two attached hydrogens (primary N) is 2. The zero-order chi connectivity index (χ0) is 32.6. The number of ketones is 1. The van der Waals surface area contributed by atoms with Gasteiger partial charge in [0.2, 0.25) is 23.5 Å². The van der Waals surface area contributed by atoms with Crippen LogP contribution < -0.4 is 27.4 Å². The highest BCUT2D eigenvalue weighted by atomic mass is 32.1. The number of nitrogens with one attached hydrogen (secondary N) is 3. The topological polar surface area (TPSA) is 185 Å². The Bertz CT molecular complexity index is 1170. The molecule has 0 atom stereocenters. The normalized spacial score (nSPS) is 10.3. The summed E-state index contributed by atoms with van der Waals surface area (Å²) in [4.78, 5) is 56.7. The minimum atomic E-state index is -0.436. The van der Waals surface area contributed by atoms with Crippen molar-refractivity contribution in [3.05, 3.63) is 41.0 Å². The van der Waals surface area contributed by atoms with Crippen LogP contribution in [0.3, 0.4) is 0 Å². The fraction of sp³-hybridized carbons (Fsp3) is 0.517. The summed E-state index contributed by atoms with van der Waals surface area (Å²) in [6.07, 6.45) is 5.45. The number of amides is 3. The maximum atomic E-state index is 12.2. The SMILES string of the molecule is CCCN(CC(=O)NCC(=O)c1nc2ccccc2s1)C(=O)CNC(C)=O.CCCN=C(N)N.[B]C/C(=C/C)NCCC. The minimum Gasteiger partial charge on any atom is -0.389 e. The molecule has 0 saturated heterocycles. The fourth-order valence-corrected chi connectivity index (χ4v) is 4.07. The van der Waals surface area contributed by atoms with Crippen LogP contribution in [0.4, 0.5) is 0 Å². The molecule has 1 aromatic heterocycles. The molecule has 0 saturated carbocycles. The number of carbonyl (C=O) groups is 4. The van der Waals surface area contributed by atoms with Crippen LogP contribution in [0.5, 0.6) is 0 Å². The van der Waals surface area contributed by atoms with E-state index >= 15 is 0 Å². The Kier molecular flexibility index (Phi) is 21.4. The van der Waals surface area contributed by atoms with Gasteiger partial charge in [-0.2, -0.15) is 0 Å². The van der Waals surface area contributed by atoms with Crippen molar-refractivity contribution in [2.75, 3.05) is 39.3 Å². The van der Waals surface area contributed by atoms with E-state index in [0.717, 1.165) is 41.8 Å². The van der Waals surface area contributed by atoms with Crippen LogP contribution >= 0.6 is 11.3 Å². The van der Waals surface area contributed by atoms with E-state index in [4.69, 9.17) is 19.3 Å². The molecule has 0 fully saturated rings. The summed E-state index contributed by atoms with van der Waals surface area (Å²) in [6, 6.07) is 7.42. The summed E-state index contributed by atoms with van der Waals surface area (Å²) < 4.78 is 0.907. The molecule has 3 amide bonds. The highest BCUT2D eigenvalue weighted by Crippen LogP contribution is 2.21. The van der Waals surface area contributed by atoms with Crippen molar-refractivity contribution in [1.82, 2.24) is 25.8 Å². The van der Waals surface area contributed by atoms with Gasteiger partial charge in [-0.1, -0.05) is 45.3 Å². The Hall–Kier alpha value is -3.94. The molecule has 0 aliphatic heterocycles. The van der Waals surface area contributed by atoms with Crippen molar-refractivity contribution in [3.8, 4) is 0 Å². The molecule has 236 valence electrons. The van der Waals surface area contributed by atoms with Gasteiger partial charge in [-0.05, 0) is 44.0 Å². The molecule has 14 heteroatoms. The molecule has 2 radical (unpaired) electrons. The predicted octanol–water partition coefficient (Wildman–Crippen LogP) is 2.12. The van der Waals surface area contributed by atoms with Gasteiger partial charge < -0.3 is 32.3 Å². The largest absolute Gasteiger partial charge is 0.389 e. The first kappa shape index (κ1) is 39.1. The number of carbonyl (C=O) groups excluding carboxylic acids is 4. The van der Waals surface area contributed by atoms with Crippen LogP contribution in [0.15, 0.2) is 41.0 Å². The van der Waals surface area contributed by atoms with Gasteiger partial charge in [0.15, 0.2) is 11.0 Å². The summed E-state index contributed by atoms with van der Waals surface area (Å²) in [5, 5.41) is 8.49. The summed E-state index contributed by atoms with van der Waals surface area (Å²) in [5.41, 5.74) is 11.9. The zero-order valence-electron chi connectivity index (χ0n) is 26.1. The Balaban J connectivity index is 0.000000904. The van der Waals surface area contributed by atoms with Crippen LogP contribution in [-0.4, -0.2) is 86.5 Å². The number of Topliss-reactive ketones (excluding diaryl/α,β-unsaturated/α-hetero) is 1. The number of fused-ring (bicyclic) bond motifs is 1. The van der Waals surface area contributed by atoms with Gasteiger partial charge in [0.05, 0.1) is 37.7 Å². The van der Waals surface area contributed by atoms with Crippen molar-refractivity contribution < 1.29 is 19.2 Å². The number of para-hydroxylation sites is 1. The maximum absolute atomic E-state index is 12.2. The van der Waals surface area contributed by atoms with E-state index in [9.17, 15) is 19.2 Å². The second-order valence-electron chi connectivity index (χ2n) is 9.16. The highest BCUT2D eigenvalue weighted by Gasteiger charge is 2.18. The number of allylic oxidation sites excluding steroid dienone is 2. The van der Waals surface area contributed by atoms with Crippen LogP contribution in [-0.2, 0) is 14.4 Å². The van der Waals surface area contributed by atoms with E-state index < -0.39 is 5.91 Å². The van der Waals surface area contributed by atoms with Crippen LogP contribution in [0.25, 0.3) is 10.2 Å². The van der Waals surface area contributed by atoms with E-state index in [-0.39, 0.29) is 43.2 Å². The van der Waals surface area contributed by atoms with E-state index in [1.54, 1.807) is 0 Å². The lowest BCUT2D eigenvalue weighted by atomic mass is 10.0. The number of hydrogen-bond donors (Lipinski definition) is 5. The van der Waals surface area contributed by atoms with Crippen molar-refractivity contribution in [2.24, 2.45) is 16.5 Å². The highest BCUT2D eigenvalue weighted by molar-refractivity contribution is 7.20. The van der Waals surface area contributed by atoms with Crippen molar-refractivity contribution in [3.63, 3.8) is 0 Å². The van der Waals surface area contributed by atoms with Gasteiger partial charge in [0.1, 0.15) is 0 Å². The third-order valence-electron chi connectivity index (χ3n) is 5.34. The quantitative estimate of drug-likeness (QED) is 0.0874. The van der Waals surface area contributed by atoms with Gasteiger partial charge in [0, 0.05) is 26.6 Å². The number of benzene rings is 1. The number of aromatic nitrogens is 1. The molecular formula is C29H47BN8O4S. The summed E-state index contributed by atoms with van der Waals surface area (Å²) >= 11 is 1.28. The molecule has 43 heavy (non-hydrogen) atoms. The standard InChI is InChI=1S/C18H22N4O4S.C7H14BN.C4H11N3/c1-3-8-22(17(26)10-19-12(2)23)11-16(25)20-9-14(24)18-21-13-6-4-5-7-15(13)27-18;1-3-5-9-7(4-2)6-8;1-2-3-7-4(5)6/h4-7H,3,8-11H2,1-2H3,(H,19,23)(H,20,25);4,9H,3,5-6H2,1-2H3;2-3H2,1H3,(H4,5,6,7)/b;7-4-;. The number of guanidine groups is 1. The van der Waals surface area contributed by atoms with E-state index in [1.807, 2.05) is 51.1 Å². The van der Waals surface area contributed by atoms with Gasteiger partial charge in [-0.15, -0.1) is 11.3 Å². The smallest absolute Gasteiger partial charge is 0.242 e. The molecule has 0 aliphatic rings. The second kappa shape index (κ2) is 23.6. The summed E-state index contributed by atoms with van der Waals surface area (Å²) in [6.45, 7) is 11.0. The van der Waals surface area contributed by atoms with Crippen LogP contribution in [0.1, 0.15) is 63.7 Å². The number of hydrogen-bond acceptors (Lipinski definition) is 8. The van der Waals surface area contributed by atoms with Gasteiger partial charge in [-0.3, -0.25) is 24.2 Å². The molecule has 0 spiro atoms. The molecular weight excluding hydrogens is 567 g/mol.